The summed E-state index contributed by atoms with van der Waals surface area (Å²) in [6.45, 7) is 0. The highest BCUT2D eigenvalue weighted by Crippen LogP contribution is 2.21. The predicted molar refractivity (Wildman–Crippen MR) is 59.6 cm³/mol. The van der Waals surface area contributed by atoms with Crippen LogP contribution >= 0.6 is 0 Å². The lowest BCUT2D eigenvalue weighted by Gasteiger charge is -1.96. The number of nitrogens with zero attached hydrogens (tertiary/aromatic N) is 4. The van der Waals surface area contributed by atoms with Crippen LogP contribution < -0.4 is 4.74 Å². The molecule has 3 heterocycles. The van der Waals surface area contributed by atoms with E-state index >= 15 is 0 Å². The summed E-state index contributed by atoms with van der Waals surface area (Å²) in [5.74, 6) is 1.24. The van der Waals surface area contributed by atoms with E-state index in [1.807, 2.05) is 0 Å². The molecule has 90 valence electrons. The lowest BCUT2D eigenvalue weighted by Crippen LogP contribution is -1.91. The fourth-order valence-electron chi connectivity index (χ4n) is 1.38. The number of hydrogen-bond acceptors (Lipinski definition) is 7. The first kappa shape index (κ1) is 10.5. The molecule has 0 aromatic carbocycles. The van der Waals surface area contributed by atoms with E-state index in [-0.39, 0.29) is 6.01 Å². The third-order valence-corrected chi connectivity index (χ3v) is 2.23. The summed E-state index contributed by atoms with van der Waals surface area (Å²) in [6.07, 6.45) is 4.64. The number of ether oxygens (including phenoxy) is 1. The van der Waals surface area contributed by atoms with Crippen LogP contribution in [0.15, 0.2) is 39.7 Å². The topological polar surface area (TPSA) is 87.1 Å². The molecule has 3 aromatic heterocycles. The lowest BCUT2D eigenvalue weighted by atomic mass is 10.3. The van der Waals surface area contributed by atoms with Gasteiger partial charge in [0.05, 0.1) is 18.9 Å². The monoisotopic (exact) mass is 244 g/mol. The zero-order chi connectivity index (χ0) is 12.4. The smallest absolute Gasteiger partial charge is 0.316 e. The van der Waals surface area contributed by atoms with Crippen LogP contribution in [0.1, 0.15) is 0 Å². The molecule has 0 atom stereocenters. The maximum atomic E-state index is 5.17. The molecule has 7 nitrogen and oxygen atoms in total. The molecular formula is C11H8N4O3. The summed E-state index contributed by atoms with van der Waals surface area (Å²) >= 11 is 0. The molecule has 0 unspecified atom stereocenters. The number of methoxy groups -OCH3 is 1. The summed E-state index contributed by atoms with van der Waals surface area (Å²) in [5.41, 5.74) is 0.612. The van der Waals surface area contributed by atoms with Gasteiger partial charge in [0.25, 0.3) is 5.89 Å². The van der Waals surface area contributed by atoms with Crippen molar-refractivity contribution in [2.75, 3.05) is 7.11 Å². The Morgan fingerprint density at radius 1 is 1.22 bits per heavy atom. The van der Waals surface area contributed by atoms with Crippen LogP contribution in [-0.4, -0.2) is 27.2 Å². The van der Waals surface area contributed by atoms with E-state index in [0.29, 0.717) is 23.0 Å². The molecule has 0 spiro atoms. The normalized spacial score (nSPS) is 10.5. The van der Waals surface area contributed by atoms with Crippen molar-refractivity contribution < 1.29 is 13.7 Å². The van der Waals surface area contributed by atoms with Crippen molar-refractivity contribution in [3.05, 3.63) is 30.8 Å². The fraction of sp³-hybridized carbons (Fsp3) is 0.0909. The van der Waals surface area contributed by atoms with Crippen LogP contribution in [0.5, 0.6) is 6.01 Å². The zero-order valence-electron chi connectivity index (χ0n) is 9.40. The van der Waals surface area contributed by atoms with Crippen LogP contribution in [0.25, 0.3) is 23.0 Å². The molecular weight excluding hydrogens is 236 g/mol. The Bertz CT molecular complexity index is 631. The van der Waals surface area contributed by atoms with Crippen LogP contribution in [0, 0.1) is 0 Å². The molecule has 0 radical (unpaired) electrons. The minimum atomic E-state index is 0.282. The average Bonchev–Trinajstić information content (AvgIpc) is 3.09. The first-order valence-electron chi connectivity index (χ1n) is 5.11. The molecule has 0 N–H and O–H groups in total. The molecule has 0 amide bonds. The van der Waals surface area contributed by atoms with Gasteiger partial charge in [0, 0.05) is 12.4 Å². The highest BCUT2D eigenvalue weighted by atomic mass is 16.5. The SMILES string of the molecule is COc1ncc(-c2nc(-c3ccco3)no2)cn1. The molecule has 3 rings (SSSR count). The second-order valence-corrected chi connectivity index (χ2v) is 3.36. The van der Waals surface area contributed by atoms with E-state index in [0.717, 1.165) is 0 Å². The number of hydrogen-bond donors (Lipinski definition) is 0. The highest BCUT2D eigenvalue weighted by molar-refractivity contribution is 5.54. The zero-order valence-corrected chi connectivity index (χ0v) is 9.40. The van der Waals surface area contributed by atoms with E-state index < -0.39 is 0 Å². The Morgan fingerprint density at radius 2 is 2.06 bits per heavy atom. The lowest BCUT2D eigenvalue weighted by molar-refractivity contribution is 0.379. The van der Waals surface area contributed by atoms with Crippen LogP contribution in [0.4, 0.5) is 0 Å². The van der Waals surface area contributed by atoms with Crippen molar-refractivity contribution in [3.63, 3.8) is 0 Å². The van der Waals surface area contributed by atoms with Gasteiger partial charge in [-0.05, 0) is 12.1 Å². The first-order chi connectivity index (χ1) is 8.86. The highest BCUT2D eigenvalue weighted by Gasteiger charge is 2.13. The van der Waals surface area contributed by atoms with Crippen LogP contribution in [-0.2, 0) is 0 Å². The third-order valence-electron chi connectivity index (χ3n) is 2.23. The predicted octanol–water partition coefficient (Wildman–Crippen LogP) is 1.80. The molecule has 0 saturated heterocycles. The molecule has 0 fully saturated rings. The standard InChI is InChI=1S/C11H8N4O3/c1-16-11-12-5-7(6-13-11)10-14-9(15-18-10)8-3-2-4-17-8/h2-6H,1H3. The molecule has 0 bridgehead atoms. The van der Waals surface area contributed by atoms with Crippen LogP contribution in [0.3, 0.4) is 0 Å². The van der Waals surface area contributed by atoms with E-state index in [1.54, 1.807) is 30.8 Å². The molecule has 0 aliphatic heterocycles. The Morgan fingerprint density at radius 3 is 2.72 bits per heavy atom. The fourth-order valence-corrected chi connectivity index (χ4v) is 1.38. The maximum absolute atomic E-state index is 5.17. The van der Waals surface area contributed by atoms with Crippen molar-refractivity contribution in [3.8, 4) is 29.0 Å². The van der Waals surface area contributed by atoms with Gasteiger partial charge in [0.2, 0.25) is 5.82 Å². The summed E-state index contributed by atoms with van der Waals surface area (Å²) in [6, 6.07) is 3.78. The summed E-state index contributed by atoms with van der Waals surface area (Å²) in [5, 5.41) is 3.81. The number of furan rings is 1. The number of aromatic nitrogens is 4. The van der Waals surface area contributed by atoms with Gasteiger partial charge in [-0.15, -0.1) is 0 Å². The Hall–Kier alpha value is -2.70. The third kappa shape index (κ3) is 1.81. The van der Waals surface area contributed by atoms with Gasteiger partial charge in [-0.2, -0.15) is 4.98 Å². The quantitative estimate of drug-likeness (QED) is 0.694. The van der Waals surface area contributed by atoms with Crippen molar-refractivity contribution in [2.24, 2.45) is 0 Å². The minimum Gasteiger partial charge on any atom is -0.467 e. The van der Waals surface area contributed by atoms with Crippen molar-refractivity contribution in [1.82, 2.24) is 20.1 Å². The van der Waals surface area contributed by atoms with Gasteiger partial charge in [0.1, 0.15) is 0 Å². The van der Waals surface area contributed by atoms with E-state index in [9.17, 15) is 0 Å². The summed E-state index contributed by atoms with van der Waals surface area (Å²) < 4.78 is 15.1. The largest absolute Gasteiger partial charge is 0.467 e. The van der Waals surface area contributed by atoms with Crippen molar-refractivity contribution in [2.45, 2.75) is 0 Å². The van der Waals surface area contributed by atoms with E-state index in [1.165, 1.54) is 7.11 Å². The molecule has 0 aliphatic rings. The van der Waals surface area contributed by atoms with Gasteiger partial charge >= 0.3 is 6.01 Å². The number of rotatable bonds is 3. The van der Waals surface area contributed by atoms with Gasteiger partial charge in [-0.1, -0.05) is 5.16 Å². The van der Waals surface area contributed by atoms with Crippen molar-refractivity contribution >= 4 is 0 Å². The molecule has 0 aliphatic carbocycles. The molecule has 7 heteroatoms. The maximum Gasteiger partial charge on any atom is 0.316 e. The second kappa shape index (κ2) is 4.28. The average molecular weight is 244 g/mol. The Labute approximate surface area is 101 Å². The first-order valence-corrected chi connectivity index (χ1v) is 5.11. The van der Waals surface area contributed by atoms with Gasteiger partial charge in [0.15, 0.2) is 5.76 Å². The van der Waals surface area contributed by atoms with Gasteiger partial charge in [-0.25, -0.2) is 9.97 Å². The Kier molecular flexibility index (Phi) is 2.49. The molecule has 3 aromatic rings. The molecule has 0 saturated carbocycles. The second-order valence-electron chi connectivity index (χ2n) is 3.36. The van der Waals surface area contributed by atoms with Crippen molar-refractivity contribution in [1.29, 1.82) is 0 Å². The van der Waals surface area contributed by atoms with Crippen LogP contribution in [0.2, 0.25) is 0 Å². The van der Waals surface area contributed by atoms with E-state index in [4.69, 9.17) is 13.7 Å². The van der Waals surface area contributed by atoms with E-state index in [2.05, 4.69) is 20.1 Å². The molecule has 18 heavy (non-hydrogen) atoms. The minimum absolute atomic E-state index is 0.282. The Balaban J connectivity index is 1.92. The van der Waals surface area contributed by atoms with Gasteiger partial charge in [-0.3, -0.25) is 0 Å². The summed E-state index contributed by atoms with van der Waals surface area (Å²) in [7, 11) is 1.50. The van der Waals surface area contributed by atoms with Gasteiger partial charge < -0.3 is 13.7 Å². The summed E-state index contributed by atoms with van der Waals surface area (Å²) in [4.78, 5) is 12.1.